The number of benzene rings is 4. The van der Waals surface area contributed by atoms with Crippen molar-refractivity contribution in [3.05, 3.63) is 124 Å². The number of sulfonamides is 1. The van der Waals surface area contributed by atoms with E-state index >= 15 is 0 Å². The van der Waals surface area contributed by atoms with Crippen LogP contribution < -0.4 is 14.4 Å². The van der Waals surface area contributed by atoms with Crippen molar-refractivity contribution in [1.29, 1.82) is 0 Å². The maximum absolute atomic E-state index is 14.7. The van der Waals surface area contributed by atoms with Crippen molar-refractivity contribution < 1.29 is 22.7 Å². The molecule has 0 spiro atoms. The highest BCUT2D eigenvalue weighted by atomic mass is 79.9. The van der Waals surface area contributed by atoms with E-state index in [1.807, 2.05) is 95.3 Å². The Morgan fingerprint density at radius 3 is 2.06 bits per heavy atom. The molecule has 0 saturated carbocycles. The van der Waals surface area contributed by atoms with Crippen LogP contribution in [0.15, 0.2) is 106 Å². The SMILES string of the molecule is COc1ccc(C)cc1N(CC(=O)N(Cc1ccc(Br)cc1)C(Cc1ccccc1)C(=O)NC(C)(C)C)S(=O)(=O)c1ccc(C)cc1. The zero-order valence-corrected chi connectivity index (χ0v) is 30.1. The highest BCUT2D eigenvalue weighted by Gasteiger charge is 2.36. The Morgan fingerprint density at radius 2 is 1.47 bits per heavy atom. The highest BCUT2D eigenvalue weighted by Crippen LogP contribution is 2.34. The Balaban J connectivity index is 1.86. The molecule has 0 saturated heterocycles. The molecule has 1 N–H and O–H groups in total. The van der Waals surface area contributed by atoms with Crippen LogP contribution in [0.2, 0.25) is 0 Å². The molecule has 4 rings (SSSR count). The summed E-state index contributed by atoms with van der Waals surface area (Å²) in [7, 11) is -2.80. The minimum Gasteiger partial charge on any atom is -0.495 e. The molecule has 0 bridgehead atoms. The van der Waals surface area contributed by atoms with Gasteiger partial charge in [0.05, 0.1) is 17.7 Å². The third kappa shape index (κ3) is 9.45. The van der Waals surface area contributed by atoms with Crippen molar-refractivity contribution in [2.45, 2.75) is 64.1 Å². The number of nitrogens with zero attached hydrogens (tertiary/aromatic N) is 2. The molecule has 2 amide bonds. The number of aryl methyl sites for hydroxylation is 2. The third-order valence-corrected chi connectivity index (χ3v) is 9.83. The van der Waals surface area contributed by atoms with Crippen LogP contribution in [0.25, 0.3) is 0 Å². The number of nitrogens with one attached hydrogen (secondary N) is 1. The standard InChI is InChI=1S/C37H42BrN3O5S/c1-26-12-19-31(20-13-26)47(44,45)41(32-22-27(2)14-21-34(32)46-6)25-35(42)40(24-29-15-17-30(38)18-16-29)33(36(43)39-37(3,4)5)23-28-10-8-7-9-11-28/h7-22,33H,23-25H2,1-6H3,(H,39,43). The summed E-state index contributed by atoms with van der Waals surface area (Å²) in [6.07, 6.45) is 0.226. The average Bonchev–Trinajstić information content (AvgIpc) is 3.02. The molecule has 8 nitrogen and oxygen atoms in total. The Hall–Kier alpha value is -4.15. The van der Waals surface area contributed by atoms with Gasteiger partial charge < -0.3 is 15.0 Å². The fourth-order valence-electron chi connectivity index (χ4n) is 5.14. The van der Waals surface area contributed by atoms with Gasteiger partial charge in [-0.2, -0.15) is 0 Å². The van der Waals surface area contributed by atoms with Gasteiger partial charge in [-0.3, -0.25) is 13.9 Å². The summed E-state index contributed by atoms with van der Waals surface area (Å²) in [6.45, 7) is 8.86. The molecule has 0 fully saturated rings. The van der Waals surface area contributed by atoms with Gasteiger partial charge in [0.25, 0.3) is 10.0 Å². The van der Waals surface area contributed by atoms with Crippen LogP contribution in [0, 0.1) is 13.8 Å². The van der Waals surface area contributed by atoms with E-state index in [1.165, 1.54) is 24.1 Å². The molecule has 0 aliphatic heterocycles. The van der Waals surface area contributed by atoms with Gasteiger partial charge >= 0.3 is 0 Å². The molecule has 0 radical (unpaired) electrons. The molecule has 0 aromatic heterocycles. The summed E-state index contributed by atoms with van der Waals surface area (Å²) >= 11 is 3.47. The van der Waals surface area contributed by atoms with E-state index in [0.717, 1.165) is 31.0 Å². The number of halogens is 1. The number of carbonyl (C=O) groups excluding carboxylic acids is 2. The van der Waals surface area contributed by atoms with Crippen molar-refractivity contribution in [2.75, 3.05) is 18.0 Å². The first-order valence-electron chi connectivity index (χ1n) is 15.3. The second-order valence-electron chi connectivity index (χ2n) is 12.6. The first kappa shape index (κ1) is 35.7. The second kappa shape index (κ2) is 15.2. The third-order valence-electron chi connectivity index (χ3n) is 7.53. The lowest BCUT2D eigenvalue weighted by Gasteiger charge is -2.35. The predicted octanol–water partition coefficient (Wildman–Crippen LogP) is 6.82. The summed E-state index contributed by atoms with van der Waals surface area (Å²) in [5.74, 6) is -0.588. The fourth-order valence-corrected chi connectivity index (χ4v) is 6.82. The maximum atomic E-state index is 14.7. The lowest BCUT2D eigenvalue weighted by Crippen LogP contribution is -2.56. The largest absolute Gasteiger partial charge is 0.495 e. The zero-order chi connectivity index (χ0) is 34.4. The van der Waals surface area contributed by atoms with Crippen molar-refractivity contribution >= 4 is 43.5 Å². The van der Waals surface area contributed by atoms with Crippen molar-refractivity contribution in [3.8, 4) is 5.75 Å². The molecule has 0 aliphatic rings. The molecule has 1 unspecified atom stereocenters. The molecule has 10 heteroatoms. The molecule has 4 aromatic rings. The number of hydrogen-bond acceptors (Lipinski definition) is 5. The Morgan fingerprint density at radius 1 is 0.851 bits per heavy atom. The van der Waals surface area contributed by atoms with E-state index in [-0.39, 0.29) is 29.5 Å². The molecular formula is C37H42BrN3O5S. The van der Waals surface area contributed by atoms with Crippen molar-refractivity contribution in [3.63, 3.8) is 0 Å². The van der Waals surface area contributed by atoms with Crippen LogP contribution >= 0.6 is 15.9 Å². The van der Waals surface area contributed by atoms with Crippen LogP contribution in [0.3, 0.4) is 0 Å². The quantitative estimate of drug-likeness (QED) is 0.173. The van der Waals surface area contributed by atoms with Gasteiger partial charge in [-0.05, 0) is 87.7 Å². The number of methoxy groups -OCH3 is 1. The van der Waals surface area contributed by atoms with Gasteiger partial charge in [0.1, 0.15) is 18.3 Å². The summed E-state index contributed by atoms with van der Waals surface area (Å²) < 4.78 is 36.3. The normalized spacial score (nSPS) is 12.2. The number of amides is 2. The van der Waals surface area contributed by atoms with Crippen molar-refractivity contribution in [1.82, 2.24) is 10.2 Å². The van der Waals surface area contributed by atoms with Crippen LogP contribution in [-0.4, -0.2) is 50.4 Å². The van der Waals surface area contributed by atoms with Crippen LogP contribution in [0.1, 0.15) is 43.0 Å². The number of rotatable bonds is 12. The Kier molecular flexibility index (Phi) is 11.5. The first-order valence-corrected chi connectivity index (χ1v) is 17.5. The number of carbonyl (C=O) groups is 2. The number of anilines is 1. The lowest BCUT2D eigenvalue weighted by molar-refractivity contribution is -0.140. The fraction of sp³-hybridized carbons (Fsp3) is 0.297. The molecule has 0 heterocycles. The highest BCUT2D eigenvalue weighted by molar-refractivity contribution is 9.10. The van der Waals surface area contributed by atoms with Gasteiger partial charge in [-0.15, -0.1) is 0 Å². The number of ether oxygens (including phenoxy) is 1. The Labute approximate surface area is 286 Å². The summed E-state index contributed by atoms with van der Waals surface area (Å²) in [5.41, 5.74) is 2.98. The van der Waals surface area contributed by atoms with E-state index < -0.39 is 34.1 Å². The topological polar surface area (TPSA) is 96.0 Å². The van der Waals surface area contributed by atoms with Crippen LogP contribution in [0.5, 0.6) is 5.75 Å². The van der Waals surface area contributed by atoms with Gasteiger partial charge in [0.2, 0.25) is 11.8 Å². The van der Waals surface area contributed by atoms with Gasteiger partial charge in [-0.1, -0.05) is 82.2 Å². The average molecular weight is 721 g/mol. The predicted molar refractivity (Wildman–Crippen MR) is 190 cm³/mol. The lowest BCUT2D eigenvalue weighted by atomic mass is 10.0. The van der Waals surface area contributed by atoms with E-state index in [0.29, 0.717) is 5.75 Å². The summed E-state index contributed by atoms with van der Waals surface area (Å²) in [5, 5.41) is 3.05. The van der Waals surface area contributed by atoms with Gasteiger partial charge in [-0.25, -0.2) is 8.42 Å². The first-order chi connectivity index (χ1) is 22.2. The molecule has 248 valence electrons. The minimum atomic E-state index is -4.26. The second-order valence-corrected chi connectivity index (χ2v) is 15.4. The van der Waals surface area contributed by atoms with Gasteiger partial charge in [0.15, 0.2) is 0 Å². The zero-order valence-electron chi connectivity index (χ0n) is 27.7. The smallest absolute Gasteiger partial charge is 0.264 e. The van der Waals surface area contributed by atoms with Crippen molar-refractivity contribution in [2.24, 2.45) is 0 Å². The Bertz CT molecular complexity index is 1790. The summed E-state index contributed by atoms with van der Waals surface area (Å²) in [6, 6.07) is 27.7. The van der Waals surface area contributed by atoms with Crippen LogP contribution in [0.4, 0.5) is 5.69 Å². The molecule has 47 heavy (non-hydrogen) atoms. The maximum Gasteiger partial charge on any atom is 0.264 e. The van der Waals surface area contributed by atoms with E-state index in [1.54, 1.807) is 24.3 Å². The molecule has 0 aliphatic carbocycles. The number of hydrogen-bond donors (Lipinski definition) is 1. The monoisotopic (exact) mass is 719 g/mol. The minimum absolute atomic E-state index is 0.0326. The molecule has 1 atom stereocenters. The van der Waals surface area contributed by atoms with E-state index in [9.17, 15) is 18.0 Å². The van der Waals surface area contributed by atoms with Crippen LogP contribution in [-0.2, 0) is 32.6 Å². The molecule has 4 aromatic carbocycles. The summed E-state index contributed by atoms with van der Waals surface area (Å²) in [4.78, 5) is 30.3. The van der Waals surface area contributed by atoms with Gasteiger partial charge in [0, 0.05) is 23.0 Å². The van der Waals surface area contributed by atoms with E-state index in [4.69, 9.17) is 4.74 Å². The van der Waals surface area contributed by atoms with E-state index in [2.05, 4.69) is 21.2 Å². The molecular weight excluding hydrogens is 678 g/mol.